The molecule has 23 heavy (non-hydrogen) atoms. The van der Waals surface area contributed by atoms with Crippen molar-refractivity contribution in [3.05, 3.63) is 41.3 Å². The summed E-state index contributed by atoms with van der Waals surface area (Å²) in [5.74, 6) is 1.65. The smallest absolute Gasteiger partial charge is 0.276 e. The van der Waals surface area contributed by atoms with E-state index in [4.69, 9.17) is 9.68 Å². The Labute approximate surface area is 138 Å². The SMILES string of the molecule is N#Cc1cccc(CSc2nnc(C[C@H]3CCS(=O)(=O)C3)o2)c1. The number of benzene rings is 1. The molecule has 1 aliphatic rings. The number of hydrogen-bond acceptors (Lipinski definition) is 7. The third-order valence-corrected chi connectivity index (χ3v) is 6.38. The Morgan fingerprint density at radius 1 is 1.39 bits per heavy atom. The van der Waals surface area contributed by atoms with Crippen LogP contribution in [0.1, 0.15) is 23.4 Å². The lowest BCUT2D eigenvalue weighted by atomic mass is 10.1. The van der Waals surface area contributed by atoms with Crippen molar-refractivity contribution in [3.63, 3.8) is 0 Å². The summed E-state index contributed by atoms with van der Waals surface area (Å²) in [6.45, 7) is 0. The van der Waals surface area contributed by atoms with E-state index in [0.717, 1.165) is 5.56 Å². The fraction of sp³-hybridized carbons (Fsp3) is 0.400. The van der Waals surface area contributed by atoms with Gasteiger partial charge in [-0.1, -0.05) is 23.9 Å². The van der Waals surface area contributed by atoms with E-state index in [1.165, 1.54) is 11.8 Å². The van der Waals surface area contributed by atoms with Gasteiger partial charge in [0.1, 0.15) is 0 Å². The number of thioether (sulfide) groups is 1. The predicted molar refractivity (Wildman–Crippen MR) is 85.5 cm³/mol. The molecule has 1 fully saturated rings. The van der Waals surface area contributed by atoms with Crippen molar-refractivity contribution in [2.24, 2.45) is 5.92 Å². The second-order valence-electron chi connectivity index (χ2n) is 5.54. The van der Waals surface area contributed by atoms with Crippen LogP contribution in [-0.2, 0) is 22.0 Å². The summed E-state index contributed by atoms with van der Waals surface area (Å²) in [5.41, 5.74) is 1.63. The van der Waals surface area contributed by atoms with E-state index in [1.54, 1.807) is 6.07 Å². The highest BCUT2D eigenvalue weighted by Crippen LogP contribution is 2.25. The Hall–Kier alpha value is -1.85. The lowest BCUT2D eigenvalue weighted by Gasteiger charge is -2.02. The lowest BCUT2D eigenvalue weighted by molar-refractivity contribution is 0.389. The second-order valence-corrected chi connectivity index (χ2v) is 8.69. The van der Waals surface area contributed by atoms with Gasteiger partial charge in [-0.05, 0) is 30.0 Å². The molecule has 0 N–H and O–H groups in total. The molecule has 1 aromatic heterocycles. The van der Waals surface area contributed by atoms with Gasteiger partial charge >= 0.3 is 0 Å². The fourth-order valence-corrected chi connectivity index (χ4v) is 5.12. The van der Waals surface area contributed by atoms with Crippen molar-refractivity contribution in [2.75, 3.05) is 11.5 Å². The molecule has 0 unspecified atom stereocenters. The molecule has 2 aromatic rings. The molecule has 0 spiro atoms. The highest BCUT2D eigenvalue weighted by molar-refractivity contribution is 7.98. The van der Waals surface area contributed by atoms with Gasteiger partial charge in [0.05, 0.1) is 23.1 Å². The van der Waals surface area contributed by atoms with Crippen molar-refractivity contribution in [3.8, 4) is 6.07 Å². The van der Waals surface area contributed by atoms with E-state index in [1.807, 2.05) is 18.2 Å². The van der Waals surface area contributed by atoms with Crippen LogP contribution in [0.15, 0.2) is 33.9 Å². The Bertz CT molecular complexity index is 840. The molecule has 3 rings (SSSR count). The van der Waals surface area contributed by atoms with Crippen LogP contribution in [0.2, 0.25) is 0 Å². The van der Waals surface area contributed by atoms with E-state index in [0.29, 0.717) is 35.3 Å². The molecule has 1 atom stereocenters. The summed E-state index contributed by atoms with van der Waals surface area (Å²) in [6.07, 6.45) is 1.17. The number of rotatable bonds is 5. The highest BCUT2D eigenvalue weighted by atomic mass is 32.2. The quantitative estimate of drug-likeness (QED) is 0.763. The first-order chi connectivity index (χ1) is 11.0. The number of nitriles is 1. The van der Waals surface area contributed by atoms with Crippen molar-refractivity contribution in [2.45, 2.75) is 23.8 Å². The van der Waals surface area contributed by atoms with E-state index >= 15 is 0 Å². The van der Waals surface area contributed by atoms with Gasteiger partial charge in [-0.3, -0.25) is 0 Å². The minimum atomic E-state index is -2.88. The maximum absolute atomic E-state index is 11.5. The van der Waals surface area contributed by atoms with Crippen molar-refractivity contribution in [1.29, 1.82) is 5.26 Å². The molecule has 0 bridgehead atoms. The maximum Gasteiger partial charge on any atom is 0.276 e. The average molecular weight is 349 g/mol. The summed E-state index contributed by atoms with van der Waals surface area (Å²) < 4.78 is 28.5. The molecule has 0 radical (unpaired) electrons. The van der Waals surface area contributed by atoms with Crippen LogP contribution in [0.3, 0.4) is 0 Å². The third-order valence-electron chi connectivity index (χ3n) is 3.66. The molecular weight excluding hydrogens is 334 g/mol. The zero-order valence-electron chi connectivity index (χ0n) is 12.3. The predicted octanol–water partition coefficient (Wildman–Crippen LogP) is 2.21. The molecule has 120 valence electrons. The summed E-state index contributed by atoms with van der Waals surface area (Å²) in [5, 5.41) is 17.3. The van der Waals surface area contributed by atoms with Crippen LogP contribution < -0.4 is 0 Å². The zero-order chi connectivity index (χ0) is 16.3. The van der Waals surface area contributed by atoms with Gasteiger partial charge in [0.25, 0.3) is 5.22 Å². The molecule has 6 nitrogen and oxygen atoms in total. The third kappa shape index (κ3) is 4.33. The first kappa shape index (κ1) is 16.0. The summed E-state index contributed by atoms with van der Waals surface area (Å²) in [6, 6.07) is 9.47. The summed E-state index contributed by atoms with van der Waals surface area (Å²) in [7, 11) is -2.88. The molecule has 0 amide bonds. The van der Waals surface area contributed by atoms with Gasteiger partial charge in [-0.2, -0.15) is 5.26 Å². The first-order valence-corrected chi connectivity index (χ1v) is 9.99. The Morgan fingerprint density at radius 2 is 2.26 bits per heavy atom. The van der Waals surface area contributed by atoms with Crippen molar-refractivity contribution >= 4 is 21.6 Å². The minimum Gasteiger partial charge on any atom is -0.416 e. The molecule has 1 aliphatic heterocycles. The van der Waals surface area contributed by atoms with E-state index < -0.39 is 9.84 Å². The fourth-order valence-electron chi connectivity index (χ4n) is 2.53. The Balaban J connectivity index is 1.56. The maximum atomic E-state index is 11.5. The standard InChI is InChI=1S/C15H15N3O3S2/c16-8-11-2-1-3-12(6-11)9-22-15-18-17-14(21-15)7-13-4-5-23(19,20)10-13/h1-3,6,13H,4-5,7,9-10H2/t13-/m1/s1. The van der Waals surface area contributed by atoms with Crippen LogP contribution in [0, 0.1) is 17.2 Å². The van der Waals surface area contributed by atoms with Crippen LogP contribution in [-0.4, -0.2) is 30.1 Å². The van der Waals surface area contributed by atoms with Gasteiger partial charge in [0, 0.05) is 12.2 Å². The van der Waals surface area contributed by atoms with Gasteiger partial charge < -0.3 is 4.42 Å². The molecule has 2 heterocycles. The molecule has 0 aliphatic carbocycles. The minimum absolute atomic E-state index is 0.0746. The van der Waals surface area contributed by atoms with Crippen molar-refractivity contribution < 1.29 is 12.8 Å². The average Bonchev–Trinajstić information content (AvgIpc) is 3.12. The number of aromatic nitrogens is 2. The van der Waals surface area contributed by atoms with Crippen LogP contribution in [0.5, 0.6) is 0 Å². The first-order valence-electron chi connectivity index (χ1n) is 7.19. The second kappa shape index (κ2) is 6.72. The van der Waals surface area contributed by atoms with E-state index in [2.05, 4.69) is 16.3 Å². The normalized spacial score (nSPS) is 19.5. The zero-order valence-corrected chi connectivity index (χ0v) is 13.9. The molecule has 1 aromatic carbocycles. The van der Waals surface area contributed by atoms with Gasteiger partial charge in [0.2, 0.25) is 5.89 Å². The van der Waals surface area contributed by atoms with Gasteiger partial charge in [-0.15, -0.1) is 10.2 Å². The summed E-state index contributed by atoms with van der Waals surface area (Å²) >= 11 is 1.40. The van der Waals surface area contributed by atoms with E-state index in [-0.39, 0.29) is 17.4 Å². The number of sulfone groups is 1. The van der Waals surface area contributed by atoms with Crippen LogP contribution >= 0.6 is 11.8 Å². The van der Waals surface area contributed by atoms with Gasteiger partial charge in [-0.25, -0.2) is 8.42 Å². The summed E-state index contributed by atoms with van der Waals surface area (Å²) in [4.78, 5) is 0. The van der Waals surface area contributed by atoms with Gasteiger partial charge in [0.15, 0.2) is 9.84 Å². The van der Waals surface area contributed by atoms with E-state index in [9.17, 15) is 8.42 Å². The molecule has 1 saturated heterocycles. The topological polar surface area (TPSA) is 96.9 Å². The van der Waals surface area contributed by atoms with Crippen LogP contribution in [0.25, 0.3) is 0 Å². The number of nitrogens with zero attached hydrogens (tertiary/aromatic N) is 3. The molecule has 0 saturated carbocycles. The lowest BCUT2D eigenvalue weighted by Crippen LogP contribution is -2.07. The Kier molecular flexibility index (Phi) is 4.68. The van der Waals surface area contributed by atoms with Crippen molar-refractivity contribution in [1.82, 2.24) is 10.2 Å². The molecular formula is C15H15N3O3S2. The molecule has 8 heteroatoms. The highest BCUT2D eigenvalue weighted by Gasteiger charge is 2.29. The monoisotopic (exact) mass is 349 g/mol. The Morgan fingerprint density at radius 3 is 3.00 bits per heavy atom. The largest absolute Gasteiger partial charge is 0.416 e. The number of hydrogen-bond donors (Lipinski definition) is 0. The van der Waals surface area contributed by atoms with Crippen LogP contribution in [0.4, 0.5) is 0 Å².